The number of carbonyl (C=O) groups excluding carboxylic acids is 1. The summed E-state index contributed by atoms with van der Waals surface area (Å²) in [6.45, 7) is -1.18. The summed E-state index contributed by atoms with van der Waals surface area (Å²) >= 11 is 5.66. The fraction of sp³-hybridized carbons (Fsp3) is 0.364. The molecule has 0 aliphatic heterocycles. The Labute approximate surface area is 113 Å². The molecular weight excluding hydrogens is 278 g/mol. The zero-order chi connectivity index (χ0) is 14.6. The number of aliphatic hydroxyl groups is 2. The van der Waals surface area contributed by atoms with Crippen molar-refractivity contribution in [2.24, 2.45) is 0 Å². The molecule has 0 aliphatic rings. The molecule has 0 saturated heterocycles. The number of aliphatic hydroxyl groups excluding tert-OH is 1. The maximum Gasteiger partial charge on any atom is 0.348 e. The maximum absolute atomic E-state index is 11.5. The first-order valence-corrected chi connectivity index (χ1v) is 5.55. The SMILES string of the molecule is COC(=O)C(O)(C[N+](=O)[O-])C(O)c1ccc(Cl)cc1. The summed E-state index contributed by atoms with van der Waals surface area (Å²) in [6.07, 6.45) is -1.80. The number of benzene rings is 1. The van der Waals surface area contributed by atoms with Crippen LogP contribution in [0.15, 0.2) is 24.3 Å². The smallest absolute Gasteiger partial charge is 0.348 e. The van der Waals surface area contributed by atoms with Gasteiger partial charge in [0.2, 0.25) is 6.54 Å². The zero-order valence-electron chi connectivity index (χ0n) is 9.95. The van der Waals surface area contributed by atoms with Crippen LogP contribution >= 0.6 is 11.6 Å². The van der Waals surface area contributed by atoms with E-state index >= 15 is 0 Å². The van der Waals surface area contributed by atoms with Crippen molar-refractivity contribution in [3.05, 3.63) is 45.0 Å². The number of ether oxygens (including phenoxy) is 1. The van der Waals surface area contributed by atoms with E-state index in [4.69, 9.17) is 11.6 Å². The Bertz CT molecular complexity index is 477. The number of nitro groups is 1. The summed E-state index contributed by atoms with van der Waals surface area (Å²) in [4.78, 5) is 21.1. The highest BCUT2D eigenvalue weighted by molar-refractivity contribution is 6.30. The average Bonchev–Trinajstić information content (AvgIpc) is 2.36. The fourth-order valence-corrected chi connectivity index (χ4v) is 1.68. The first-order valence-electron chi connectivity index (χ1n) is 5.17. The first kappa shape index (κ1) is 15.4. The molecule has 7 nitrogen and oxygen atoms in total. The van der Waals surface area contributed by atoms with E-state index in [1.54, 1.807) is 0 Å². The fourth-order valence-electron chi connectivity index (χ4n) is 1.56. The molecule has 0 aliphatic carbocycles. The van der Waals surface area contributed by atoms with Gasteiger partial charge in [-0.3, -0.25) is 10.1 Å². The number of rotatable bonds is 5. The van der Waals surface area contributed by atoms with Gasteiger partial charge in [-0.15, -0.1) is 0 Å². The Kier molecular flexibility index (Phi) is 4.82. The molecule has 0 saturated carbocycles. The molecule has 0 spiro atoms. The first-order chi connectivity index (χ1) is 8.81. The molecule has 19 heavy (non-hydrogen) atoms. The molecule has 1 aromatic carbocycles. The third-order valence-electron chi connectivity index (χ3n) is 2.55. The van der Waals surface area contributed by atoms with Crippen LogP contribution < -0.4 is 0 Å². The van der Waals surface area contributed by atoms with Gasteiger partial charge in [0.25, 0.3) is 5.60 Å². The van der Waals surface area contributed by atoms with Gasteiger partial charge in [0.15, 0.2) is 0 Å². The van der Waals surface area contributed by atoms with Gasteiger partial charge in [0.05, 0.1) is 7.11 Å². The van der Waals surface area contributed by atoms with Crippen molar-refractivity contribution in [3.8, 4) is 0 Å². The van der Waals surface area contributed by atoms with Crippen molar-refractivity contribution in [2.45, 2.75) is 11.7 Å². The highest BCUT2D eigenvalue weighted by Gasteiger charge is 2.50. The lowest BCUT2D eigenvalue weighted by Gasteiger charge is -2.26. The zero-order valence-corrected chi connectivity index (χ0v) is 10.7. The van der Waals surface area contributed by atoms with Crippen LogP contribution in [0.1, 0.15) is 11.7 Å². The van der Waals surface area contributed by atoms with Gasteiger partial charge in [0.1, 0.15) is 6.10 Å². The number of carbonyl (C=O) groups is 1. The van der Waals surface area contributed by atoms with Crippen LogP contribution in [0, 0.1) is 10.1 Å². The van der Waals surface area contributed by atoms with E-state index < -0.39 is 29.1 Å². The van der Waals surface area contributed by atoms with Crippen LogP contribution in [-0.4, -0.2) is 40.4 Å². The van der Waals surface area contributed by atoms with E-state index in [1.165, 1.54) is 24.3 Å². The van der Waals surface area contributed by atoms with Gasteiger partial charge in [0, 0.05) is 9.95 Å². The minimum absolute atomic E-state index is 0.110. The highest BCUT2D eigenvalue weighted by atomic mass is 35.5. The van der Waals surface area contributed by atoms with Crippen molar-refractivity contribution in [1.29, 1.82) is 0 Å². The summed E-state index contributed by atoms with van der Waals surface area (Å²) in [6, 6.07) is 5.54. The number of nitrogens with zero attached hydrogens (tertiary/aromatic N) is 1. The largest absolute Gasteiger partial charge is 0.467 e. The minimum Gasteiger partial charge on any atom is -0.467 e. The molecular formula is C11H12ClNO6. The molecule has 8 heteroatoms. The summed E-state index contributed by atoms with van der Waals surface area (Å²) in [5.41, 5.74) is -2.55. The Morgan fingerprint density at radius 3 is 2.47 bits per heavy atom. The van der Waals surface area contributed by atoms with E-state index in [-0.39, 0.29) is 5.56 Å². The second kappa shape index (κ2) is 5.96. The van der Waals surface area contributed by atoms with E-state index in [0.29, 0.717) is 5.02 Å². The number of halogens is 1. The van der Waals surface area contributed by atoms with Gasteiger partial charge in [-0.25, -0.2) is 4.79 Å². The topological polar surface area (TPSA) is 110 Å². The normalized spacial score (nSPS) is 15.4. The van der Waals surface area contributed by atoms with Crippen LogP contribution in [0.25, 0.3) is 0 Å². The third-order valence-corrected chi connectivity index (χ3v) is 2.80. The molecule has 0 heterocycles. The molecule has 1 aromatic rings. The molecule has 1 rings (SSSR count). The lowest BCUT2D eigenvalue weighted by Crippen LogP contribution is -2.50. The van der Waals surface area contributed by atoms with Crippen molar-refractivity contribution in [3.63, 3.8) is 0 Å². The van der Waals surface area contributed by atoms with Gasteiger partial charge >= 0.3 is 5.97 Å². The highest BCUT2D eigenvalue weighted by Crippen LogP contribution is 2.28. The predicted molar refractivity (Wildman–Crippen MR) is 65.2 cm³/mol. The number of hydrogen-bond acceptors (Lipinski definition) is 6. The summed E-state index contributed by atoms with van der Waals surface area (Å²) in [5, 5.41) is 30.9. The lowest BCUT2D eigenvalue weighted by atomic mass is 9.91. The van der Waals surface area contributed by atoms with Crippen LogP contribution in [0.5, 0.6) is 0 Å². The number of methoxy groups -OCH3 is 1. The Morgan fingerprint density at radius 2 is 2.05 bits per heavy atom. The van der Waals surface area contributed by atoms with Crippen molar-refractivity contribution < 1.29 is 24.7 Å². The minimum atomic E-state index is -2.66. The van der Waals surface area contributed by atoms with Gasteiger partial charge in [-0.1, -0.05) is 23.7 Å². The molecule has 0 radical (unpaired) electrons. The van der Waals surface area contributed by atoms with E-state index in [9.17, 15) is 25.1 Å². The second-order valence-corrected chi connectivity index (χ2v) is 4.30. The summed E-state index contributed by atoms with van der Waals surface area (Å²) in [5.74, 6) is -1.29. The molecule has 2 atom stereocenters. The molecule has 0 bridgehead atoms. The summed E-state index contributed by atoms with van der Waals surface area (Å²) in [7, 11) is 0.960. The van der Waals surface area contributed by atoms with Gasteiger partial charge in [-0.2, -0.15) is 0 Å². The maximum atomic E-state index is 11.5. The monoisotopic (exact) mass is 289 g/mol. The Balaban J connectivity index is 3.13. The van der Waals surface area contributed by atoms with E-state index in [2.05, 4.69) is 4.74 Å². The molecule has 0 fully saturated rings. The Morgan fingerprint density at radius 1 is 1.53 bits per heavy atom. The quantitative estimate of drug-likeness (QED) is 0.465. The molecule has 2 N–H and O–H groups in total. The standard InChI is InChI=1S/C11H12ClNO6/c1-19-10(15)11(16,6-13(17)18)9(14)7-2-4-8(12)5-3-7/h2-5,9,14,16H,6H2,1H3. The number of hydrogen-bond donors (Lipinski definition) is 2. The third kappa shape index (κ3) is 3.40. The van der Waals surface area contributed by atoms with Crippen LogP contribution in [-0.2, 0) is 9.53 Å². The summed E-state index contributed by atoms with van der Waals surface area (Å²) < 4.78 is 4.30. The average molecular weight is 290 g/mol. The molecule has 2 unspecified atom stereocenters. The van der Waals surface area contributed by atoms with E-state index in [0.717, 1.165) is 7.11 Å². The van der Waals surface area contributed by atoms with Crippen LogP contribution in [0.4, 0.5) is 0 Å². The van der Waals surface area contributed by atoms with Crippen molar-refractivity contribution in [2.75, 3.05) is 13.7 Å². The molecule has 104 valence electrons. The van der Waals surface area contributed by atoms with Crippen molar-refractivity contribution in [1.82, 2.24) is 0 Å². The van der Waals surface area contributed by atoms with Gasteiger partial charge < -0.3 is 14.9 Å². The predicted octanol–water partition coefficient (Wildman–Crippen LogP) is 0.554. The van der Waals surface area contributed by atoms with E-state index in [1.807, 2.05) is 0 Å². The molecule has 0 aromatic heterocycles. The van der Waals surface area contributed by atoms with Crippen molar-refractivity contribution >= 4 is 17.6 Å². The van der Waals surface area contributed by atoms with Crippen LogP contribution in [0.2, 0.25) is 5.02 Å². The lowest BCUT2D eigenvalue weighted by molar-refractivity contribution is -0.501. The van der Waals surface area contributed by atoms with Crippen LogP contribution in [0.3, 0.4) is 0 Å². The molecule has 0 amide bonds. The number of esters is 1. The Hall–Kier alpha value is -1.70. The van der Waals surface area contributed by atoms with Gasteiger partial charge in [-0.05, 0) is 17.7 Å². The second-order valence-electron chi connectivity index (χ2n) is 3.86.